The Hall–Kier alpha value is -1.67. The number of benzene rings is 1. The Morgan fingerprint density at radius 1 is 1.30 bits per heavy atom. The summed E-state index contributed by atoms with van der Waals surface area (Å²) in [7, 11) is 0. The van der Waals surface area contributed by atoms with E-state index in [4.69, 9.17) is 10.00 Å². The third-order valence-corrected chi connectivity index (χ3v) is 4.86. The molecule has 0 unspecified atom stereocenters. The van der Waals surface area contributed by atoms with E-state index in [2.05, 4.69) is 28.5 Å². The molecule has 2 heterocycles. The van der Waals surface area contributed by atoms with Crippen LogP contribution in [0.5, 0.6) is 0 Å². The number of ether oxygens (including phenoxy) is 1. The highest BCUT2D eigenvalue weighted by Crippen LogP contribution is 2.25. The van der Waals surface area contributed by atoms with Crippen LogP contribution >= 0.6 is 0 Å². The second-order valence-electron chi connectivity index (χ2n) is 6.55. The molecule has 1 aromatic carbocycles. The van der Waals surface area contributed by atoms with Crippen molar-refractivity contribution in [2.75, 3.05) is 39.3 Å². The Kier molecular flexibility index (Phi) is 5.45. The molecule has 2 aliphatic rings. The van der Waals surface area contributed by atoms with Crippen molar-refractivity contribution in [2.45, 2.75) is 19.1 Å². The lowest BCUT2D eigenvalue weighted by Crippen LogP contribution is -2.46. The molecule has 4 nitrogen and oxygen atoms in total. The molecule has 3 rings (SSSR count). The van der Waals surface area contributed by atoms with Gasteiger partial charge in [0.25, 0.3) is 0 Å². The summed E-state index contributed by atoms with van der Waals surface area (Å²) in [5.41, 5.74) is 1.95. The third kappa shape index (κ3) is 4.20. The summed E-state index contributed by atoms with van der Waals surface area (Å²) in [6.07, 6.45) is 3.49. The van der Waals surface area contributed by atoms with Crippen molar-refractivity contribution in [3.05, 3.63) is 48.0 Å². The van der Waals surface area contributed by atoms with Gasteiger partial charge < -0.3 is 4.74 Å². The predicted molar refractivity (Wildman–Crippen MR) is 90.9 cm³/mol. The molecule has 1 aromatic rings. The number of rotatable bonds is 4. The average Bonchev–Trinajstić information content (AvgIpc) is 2.77. The van der Waals surface area contributed by atoms with Crippen LogP contribution in [0.25, 0.3) is 0 Å². The summed E-state index contributed by atoms with van der Waals surface area (Å²) in [5, 5.41) is 9.03. The minimum atomic E-state index is 0.331. The first-order valence-electron chi connectivity index (χ1n) is 8.44. The maximum atomic E-state index is 9.03. The zero-order valence-electron chi connectivity index (χ0n) is 13.7. The van der Waals surface area contributed by atoms with Gasteiger partial charge in [-0.1, -0.05) is 18.2 Å². The minimum absolute atomic E-state index is 0.331. The quantitative estimate of drug-likeness (QED) is 0.800. The molecule has 0 spiro atoms. The van der Waals surface area contributed by atoms with E-state index < -0.39 is 0 Å². The third-order valence-electron chi connectivity index (χ3n) is 4.86. The number of hydrogen-bond acceptors (Lipinski definition) is 4. The lowest BCUT2D eigenvalue weighted by molar-refractivity contribution is -0.0241. The fourth-order valence-electron chi connectivity index (χ4n) is 3.67. The monoisotopic (exact) mass is 311 g/mol. The van der Waals surface area contributed by atoms with Crippen molar-refractivity contribution < 1.29 is 4.74 Å². The second-order valence-corrected chi connectivity index (χ2v) is 6.55. The highest BCUT2D eigenvalue weighted by molar-refractivity contribution is 5.32. The van der Waals surface area contributed by atoms with Gasteiger partial charge in [-0.3, -0.25) is 9.80 Å². The average molecular weight is 311 g/mol. The number of nitrogens with zero attached hydrogens (tertiary/aromatic N) is 3. The lowest BCUT2D eigenvalue weighted by atomic mass is 9.93. The number of nitriles is 1. The molecule has 0 radical (unpaired) electrons. The molecule has 0 aliphatic carbocycles. The summed E-state index contributed by atoms with van der Waals surface area (Å²) in [6, 6.07) is 10.1. The van der Waals surface area contributed by atoms with Crippen molar-refractivity contribution in [1.29, 1.82) is 5.26 Å². The first-order valence-corrected chi connectivity index (χ1v) is 8.44. The normalized spacial score (nSPS) is 26.0. The molecule has 4 heteroatoms. The largest absolute Gasteiger partial charge is 0.375 e. The topological polar surface area (TPSA) is 39.5 Å². The van der Waals surface area contributed by atoms with Crippen LogP contribution in [0.15, 0.2) is 36.9 Å². The molecule has 2 fully saturated rings. The van der Waals surface area contributed by atoms with Gasteiger partial charge in [-0.05, 0) is 30.7 Å². The van der Waals surface area contributed by atoms with Gasteiger partial charge in [-0.15, -0.1) is 6.58 Å². The van der Waals surface area contributed by atoms with Crippen molar-refractivity contribution in [2.24, 2.45) is 5.92 Å². The van der Waals surface area contributed by atoms with Crippen molar-refractivity contribution in [3.8, 4) is 6.07 Å². The standard InChI is InChI=1S/C19H25N3O/c1-2-7-21-9-10-23-19-15-22(8-6-18(19)14-21)13-17-5-3-4-16(11-17)12-20/h2-5,11,18-19H,1,6-10,13-15H2/t18-,19-/m0/s1. The minimum Gasteiger partial charge on any atom is -0.375 e. The maximum absolute atomic E-state index is 9.03. The summed E-state index contributed by atoms with van der Waals surface area (Å²) < 4.78 is 6.13. The van der Waals surface area contributed by atoms with Crippen LogP contribution < -0.4 is 0 Å². The SMILES string of the molecule is C=CCN1CCO[C@H]2CN(Cc3cccc(C#N)c3)CC[C@H]2C1. The van der Waals surface area contributed by atoms with Crippen molar-refractivity contribution in [3.63, 3.8) is 0 Å². The second kappa shape index (κ2) is 7.74. The van der Waals surface area contributed by atoms with Gasteiger partial charge in [0.15, 0.2) is 0 Å². The molecule has 0 amide bonds. The van der Waals surface area contributed by atoms with Crippen LogP contribution in [0, 0.1) is 17.2 Å². The van der Waals surface area contributed by atoms with Gasteiger partial charge in [0.05, 0.1) is 24.3 Å². The Morgan fingerprint density at radius 2 is 2.22 bits per heavy atom. The van der Waals surface area contributed by atoms with Crippen LogP contribution in [0.3, 0.4) is 0 Å². The van der Waals surface area contributed by atoms with E-state index >= 15 is 0 Å². The summed E-state index contributed by atoms with van der Waals surface area (Å²) >= 11 is 0. The van der Waals surface area contributed by atoms with Crippen LogP contribution in [-0.4, -0.2) is 55.2 Å². The van der Waals surface area contributed by atoms with Crippen LogP contribution in [-0.2, 0) is 11.3 Å². The molecule has 0 aromatic heterocycles. The van der Waals surface area contributed by atoms with Gasteiger partial charge in [0.2, 0.25) is 0 Å². The summed E-state index contributed by atoms with van der Waals surface area (Å²) in [5.74, 6) is 0.624. The lowest BCUT2D eigenvalue weighted by Gasteiger charge is -2.38. The Labute approximate surface area is 139 Å². The molecule has 0 saturated carbocycles. The Bertz CT molecular complexity index is 580. The van der Waals surface area contributed by atoms with E-state index in [1.54, 1.807) is 0 Å². The molecular weight excluding hydrogens is 286 g/mol. The van der Waals surface area contributed by atoms with Gasteiger partial charge in [0.1, 0.15) is 0 Å². The highest BCUT2D eigenvalue weighted by Gasteiger charge is 2.32. The molecule has 0 N–H and O–H groups in total. The van der Waals surface area contributed by atoms with Crippen molar-refractivity contribution >= 4 is 0 Å². The molecule has 2 saturated heterocycles. The van der Waals surface area contributed by atoms with Crippen molar-refractivity contribution in [1.82, 2.24) is 9.80 Å². The zero-order chi connectivity index (χ0) is 16.1. The van der Waals surface area contributed by atoms with Crippen LogP contribution in [0.4, 0.5) is 0 Å². The highest BCUT2D eigenvalue weighted by atomic mass is 16.5. The van der Waals surface area contributed by atoms with Gasteiger partial charge in [-0.25, -0.2) is 0 Å². The number of piperidine rings is 1. The summed E-state index contributed by atoms with van der Waals surface area (Å²) in [4.78, 5) is 4.91. The fourth-order valence-corrected chi connectivity index (χ4v) is 3.67. The van der Waals surface area contributed by atoms with Gasteiger partial charge in [-0.2, -0.15) is 5.26 Å². The van der Waals surface area contributed by atoms with E-state index in [-0.39, 0.29) is 0 Å². The van der Waals surface area contributed by atoms with Gasteiger partial charge >= 0.3 is 0 Å². The zero-order valence-corrected chi connectivity index (χ0v) is 13.7. The number of hydrogen-bond donors (Lipinski definition) is 0. The first kappa shape index (κ1) is 16.2. The molecular formula is C19H25N3O. The van der Waals surface area contributed by atoms with E-state index in [0.717, 1.165) is 51.4 Å². The van der Waals surface area contributed by atoms with E-state index in [9.17, 15) is 0 Å². The van der Waals surface area contributed by atoms with E-state index in [1.165, 1.54) is 12.0 Å². The maximum Gasteiger partial charge on any atom is 0.0991 e. The molecule has 2 atom stereocenters. The predicted octanol–water partition coefficient (Wildman–Crippen LogP) is 2.27. The van der Waals surface area contributed by atoms with Crippen LogP contribution in [0.2, 0.25) is 0 Å². The van der Waals surface area contributed by atoms with E-state index in [0.29, 0.717) is 12.0 Å². The Balaban J connectivity index is 1.59. The van der Waals surface area contributed by atoms with Crippen LogP contribution in [0.1, 0.15) is 17.5 Å². The smallest absolute Gasteiger partial charge is 0.0991 e. The van der Waals surface area contributed by atoms with E-state index in [1.807, 2.05) is 24.3 Å². The number of fused-ring (bicyclic) bond motifs is 1. The number of likely N-dealkylation sites (tertiary alicyclic amines) is 1. The molecule has 122 valence electrons. The Morgan fingerprint density at radius 3 is 3.04 bits per heavy atom. The summed E-state index contributed by atoms with van der Waals surface area (Å²) in [6.45, 7) is 10.7. The molecule has 2 aliphatic heterocycles. The first-order chi connectivity index (χ1) is 11.3. The fraction of sp³-hybridized carbons (Fsp3) is 0.526. The van der Waals surface area contributed by atoms with Gasteiger partial charge in [0, 0.05) is 38.6 Å². The molecule has 23 heavy (non-hydrogen) atoms. The molecule has 0 bridgehead atoms.